The van der Waals surface area contributed by atoms with E-state index in [2.05, 4.69) is 47.6 Å². The van der Waals surface area contributed by atoms with Crippen LogP contribution in [0.25, 0.3) is 0 Å². The van der Waals surface area contributed by atoms with Crippen LogP contribution < -0.4 is 5.32 Å². The Bertz CT molecular complexity index is 465. The molecule has 2 rings (SSSR count). The fraction of sp³-hybridized carbons (Fsp3) is 0.267. The molecule has 1 heterocycles. The van der Waals surface area contributed by atoms with Crippen LogP contribution in [-0.2, 0) is 6.42 Å². The molecule has 0 radical (unpaired) electrons. The van der Waals surface area contributed by atoms with E-state index in [4.69, 9.17) is 0 Å². The van der Waals surface area contributed by atoms with E-state index < -0.39 is 0 Å². The summed E-state index contributed by atoms with van der Waals surface area (Å²) in [6.45, 7) is 2.11. The second-order valence-electron chi connectivity index (χ2n) is 4.24. The number of nitrogens with one attached hydrogen (secondary N) is 1. The SMILES string of the molecule is CNC(Cc1ccccc1)c1ncccc1C. The van der Waals surface area contributed by atoms with Crippen LogP contribution in [0.3, 0.4) is 0 Å². The van der Waals surface area contributed by atoms with Crippen molar-refractivity contribution in [3.8, 4) is 0 Å². The summed E-state index contributed by atoms with van der Waals surface area (Å²) < 4.78 is 0. The molecule has 0 fully saturated rings. The molecule has 2 heteroatoms. The van der Waals surface area contributed by atoms with Crippen molar-refractivity contribution in [1.29, 1.82) is 0 Å². The number of hydrogen-bond acceptors (Lipinski definition) is 2. The first-order valence-electron chi connectivity index (χ1n) is 5.94. The van der Waals surface area contributed by atoms with Crippen molar-refractivity contribution in [1.82, 2.24) is 10.3 Å². The summed E-state index contributed by atoms with van der Waals surface area (Å²) in [4.78, 5) is 4.48. The molecule has 0 saturated carbocycles. The van der Waals surface area contributed by atoms with Gasteiger partial charge in [-0.15, -0.1) is 0 Å². The minimum absolute atomic E-state index is 0.276. The molecule has 2 nitrogen and oxygen atoms in total. The molecular formula is C15H18N2. The van der Waals surface area contributed by atoms with Crippen molar-refractivity contribution in [2.75, 3.05) is 7.05 Å². The molecule has 88 valence electrons. The highest BCUT2D eigenvalue weighted by Crippen LogP contribution is 2.18. The van der Waals surface area contributed by atoms with E-state index in [-0.39, 0.29) is 6.04 Å². The summed E-state index contributed by atoms with van der Waals surface area (Å²) in [6, 6.07) is 14.9. The predicted octanol–water partition coefficient (Wildman–Crippen LogP) is 2.89. The lowest BCUT2D eigenvalue weighted by Gasteiger charge is -2.17. The molecular weight excluding hydrogens is 208 g/mol. The summed E-state index contributed by atoms with van der Waals surface area (Å²) in [6.07, 6.45) is 2.83. The monoisotopic (exact) mass is 226 g/mol. The number of nitrogens with zero attached hydrogens (tertiary/aromatic N) is 1. The minimum atomic E-state index is 0.276. The molecule has 0 aliphatic carbocycles. The molecule has 1 aromatic carbocycles. The lowest BCUT2D eigenvalue weighted by molar-refractivity contribution is 0.572. The first-order valence-corrected chi connectivity index (χ1v) is 5.94. The average molecular weight is 226 g/mol. The summed E-state index contributed by atoms with van der Waals surface area (Å²) in [5, 5.41) is 3.35. The first-order chi connectivity index (χ1) is 8.31. The van der Waals surface area contributed by atoms with Gasteiger partial charge in [-0.25, -0.2) is 0 Å². The molecule has 0 aliphatic heterocycles. The van der Waals surface area contributed by atoms with Crippen molar-refractivity contribution >= 4 is 0 Å². The summed E-state index contributed by atoms with van der Waals surface area (Å²) >= 11 is 0. The Morgan fingerprint density at radius 2 is 1.88 bits per heavy atom. The molecule has 0 aliphatic rings. The van der Waals surface area contributed by atoms with Gasteiger partial charge in [0.1, 0.15) is 0 Å². The third-order valence-corrected chi connectivity index (χ3v) is 3.01. The molecule has 2 aromatic rings. The third kappa shape index (κ3) is 2.92. The number of likely N-dealkylation sites (N-methyl/N-ethyl adjacent to an activating group) is 1. The van der Waals surface area contributed by atoms with Gasteiger partial charge in [0.25, 0.3) is 0 Å². The van der Waals surface area contributed by atoms with E-state index in [0.29, 0.717) is 0 Å². The highest BCUT2D eigenvalue weighted by Gasteiger charge is 2.13. The van der Waals surface area contributed by atoms with Gasteiger partial charge in [-0.3, -0.25) is 4.98 Å². The Labute approximate surface area is 103 Å². The van der Waals surface area contributed by atoms with Gasteiger partial charge in [0.05, 0.1) is 11.7 Å². The minimum Gasteiger partial charge on any atom is -0.311 e. The van der Waals surface area contributed by atoms with Crippen molar-refractivity contribution in [2.45, 2.75) is 19.4 Å². The fourth-order valence-electron chi connectivity index (χ4n) is 2.05. The summed E-state index contributed by atoms with van der Waals surface area (Å²) in [7, 11) is 1.99. The number of aromatic nitrogens is 1. The maximum Gasteiger partial charge on any atom is 0.0605 e. The van der Waals surface area contributed by atoms with Gasteiger partial charge in [0.2, 0.25) is 0 Å². The molecule has 17 heavy (non-hydrogen) atoms. The van der Waals surface area contributed by atoms with E-state index in [0.717, 1.165) is 12.1 Å². The Kier molecular flexibility index (Phi) is 3.89. The predicted molar refractivity (Wildman–Crippen MR) is 70.9 cm³/mol. The highest BCUT2D eigenvalue weighted by atomic mass is 14.9. The molecule has 0 spiro atoms. The number of rotatable bonds is 4. The van der Waals surface area contributed by atoms with Gasteiger partial charge in [-0.05, 0) is 37.6 Å². The molecule has 0 amide bonds. The van der Waals surface area contributed by atoms with Crippen molar-refractivity contribution in [2.24, 2.45) is 0 Å². The van der Waals surface area contributed by atoms with Crippen LogP contribution in [0.2, 0.25) is 0 Å². The lowest BCUT2D eigenvalue weighted by atomic mass is 10.0. The van der Waals surface area contributed by atoms with Gasteiger partial charge in [0.15, 0.2) is 0 Å². The van der Waals surface area contributed by atoms with Gasteiger partial charge in [-0.1, -0.05) is 36.4 Å². The summed E-state index contributed by atoms with van der Waals surface area (Å²) in [5.74, 6) is 0. The number of benzene rings is 1. The zero-order valence-electron chi connectivity index (χ0n) is 10.4. The molecule has 0 saturated heterocycles. The zero-order valence-corrected chi connectivity index (χ0v) is 10.4. The Morgan fingerprint density at radius 3 is 2.53 bits per heavy atom. The fourth-order valence-corrected chi connectivity index (χ4v) is 2.05. The van der Waals surface area contributed by atoms with Crippen LogP contribution in [0.4, 0.5) is 0 Å². The second-order valence-corrected chi connectivity index (χ2v) is 4.24. The molecule has 1 atom stereocenters. The largest absolute Gasteiger partial charge is 0.311 e. The normalized spacial score (nSPS) is 12.4. The van der Waals surface area contributed by atoms with Crippen LogP contribution in [-0.4, -0.2) is 12.0 Å². The van der Waals surface area contributed by atoms with Crippen molar-refractivity contribution in [3.63, 3.8) is 0 Å². The molecule has 1 aromatic heterocycles. The lowest BCUT2D eigenvalue weighted by Crippen LogP contribution is -2.21. The van der Waals surface area contributed by atoms with Gasteiger partial charge >= 0.3 is 0 Å². The molecule has 0 bridgehead atoms. The van der Waals surface area contributed by atoms with Crippen LogP contribution in [0.5, 0.6) is 0 Å². The molecule has 1 unspecified atom stereocenters. The Balaban J connectivity index is 2.21. The van der Waals surface area contributed by atoms with Crippen molar-refractivity contribution < 1.29 is 0 Å². The van der Waals surface area contributed by atoms with E-state index in [1.807, 2.05) is 25.4 Å². The van der Waals surface area contributed by atoms with E-state index in [9.17, 15) is 0 Å². The number of hydrogen-bond donors (Lipinski definition) is 1. The molecule has 1 N–H and O–H groups in total. The standard InChI is InChI=1S/C15H18N2/c1-12-7-6-10-17-15(12)14(16-2)11-13-8-4-3-5-9-13/h3-10,14,16H,11H2,1-2H3. The Morgan fingerprint density at radius 1 is 1.12 bits per heavy atom. The van der Waals surface area contributed by atoms with Gasteiger partial charge < -0.3 is 5.32 Å². The maximum absolute atomic E-state index is 4.48. The van der Waals surface area contributed by atoms with E-state index >= 15 is 0 Å². The van der Waals surface area contributed by atoms with Gasteiger partial charge in [-0.2, -0.15) is 0 Å². The maximum atomic E-state index is 4.48. The smallest absolute Gasteiger partial charge is 0.0605 e. The Hall–Kier alpha value is -1.67. The van der Waals surface area contributed by atoms with E-state index in [1.165, 1.54) is 11.1 Å². The average Bonchev–Trinajstić information content (AvgIpc) is 2.38. The zero-order chi connectivity index (χ0) is 12.1. The van der Waals surface area contributed by atoms with E-state index in [1.54, 1.807) is 0 Å². The quantitative estimate of drug-likeness (QED) is 0.867. The van der Waals surface area contributed by atoms with Gasteiger partial charge in [0, 0.05) is 6.20 Å². The second kappa shape index (κ2) is 5.60. The van der Waals surface area contributed by atoms with Crippen LogP contribution >= 0.6 is 0 Å². The third-order valence-electron chi connectivity index (χ3n) is 3.01. The number of aryl methyl sites for hydroxylation is 1. The summed E-state index contributed by atoms with van der Waals surface area (Å²) in [5.41, 5.74) is 3.71. The topological polar surface area (TPSA) is 24.9 Å². The van der Waals surface area contributed by atoms with Crippen LogP contribution in [0.1, 0.15) is 22.9 Å². The number of pyridine rings is 1. The highest BCUT2D eigenvalue weighted by molar-refractivity contribution is 5.24. The van der Waals surface area contributed by atoms with Crippen molar-refractivity contribution in [3.05, 3.63) is 65.5 Å². The van der Waals surface area contributed by atoms with Crippen LogP contribution in [0, 0.1) is 6.92 Å². The first kappa shape index (κ1) is 11.8. The van der Waals surface area contributed by atoms with Crippen LogP contribution in [0.15, 0.2) is 48.7 Å².